The summed E-state index contributed by atoms with van der Waals surface area (Å²) in [4.78, 5) is 13.7. The van der Waals surface area contributed by atoms with E-state index in [1.54, 1.807) is 47.4 Å². The van der Waals surface area contributed by atoms with E-state index in [-0.39, 0.29) is 25.2 Å². The van der Waals surface area contributed by atoms with Crippen LogP contribution in [0.15, 0.2) is 51.9 Å². The van der Waals surface area contributed by atoms with Gasteiger partial charge < -0.3 is 33.9 Å². The minimum absolute atomic E-state index is 0.148. The molecule has 11 heteroatoms. The smallest absolute Gasteiger partial charge is 0.204 e. The van der Waals surface area contributed by atoms with Crippen LogP contribution in [0.5, 0.6) is 17.2 Å². The first-order valence-corrected chi connectivity index (χ1v) is 17.3. The number of hydrogen-bond donors (Lipinski definition) is 3. The maximum Gasteiger partial charge on any atom is 0.204 e. The topological polar surface area (TPSA) is 119 Å². The average Bonchev–Trinajstić information content (AvgIpc) is 2.99. The molecule has 0 saturated carbocycles. The highest BCUT2D eigenvalue weighted by Gasteiger charge is 2.16. The number of hydrogen-bond acceptors (Lipinski definition) is 11. The maximum atomic E-state index is 13.7. The number of fused-ring (bicyclic) bond motifs is 1. The molecule has 0 aliphatic rings. The van der Waals surface area contributed by atoms with Gasteiger partial charge in [-0.3, -0.25) is 4.79 Å². The molecular weight excluding hydrogens is 585 g/mol. The third-order valence-corrected chi connectivity index (χ3v) is 8.93. The van der Waals surface area contributed by atoms with E-state index in [9.17, 15) is 4.79 Å². The summed E-state index contributed by atoms with van der Waals surface area (Å²) in [6.07, 6.45) is 3.96. The second kappa shape index (κ2) is 20.0. The molecule has 0 atom stereocenters. The molecule has 41 heavy (non-hydrogen) atoms. The fraction of sp³-hybridized carbons (Fsp3) is 0.500. The maximum absolute atomic E-state index is 13.7. The fourth-order valence-electron chi connectivity index (χ4n) is 3.87. The molecule has 1 aromatic heterocycles. The van der Waals surface area contributed by atoms with Crippen LogP contribution in [0.3, 0.4) is 0 Å². The number of rotatable bonds is 22. The Hall–Kier alpha value is -2.02. The van der Waals surface area contributed by atoms with Gasteiger partial charge in [0.05, 0.1) is 45.2 Å². The van der Waals surface area contributed by atoms with Gasteiger partial charge in [-0.15, -0.1) is 0 Å². The predicted molar refractivity (Wildman–Crippen MR) is 171 cm³/mol. The van der Waals surface area contributed by atoms with E-state index in [0.29, 0.717) is 59.4 Å². The largest absolute Gasteiger partial charge is 0.494 e. The SMILES string of the molecule is O=c1c(-c2ccc(OCCCSCCO)cc2)coc2cc(OCCCSCCO)cc(OCCCSCCO)c12. The van der Waals surface area contributed by atoms with Gasteiger partial charge in [0.25, 0.3) is 0 Å². The molecule has 3 aromatic rings. The van der Waals surface area contributed by atoms with Crippen LogP contribution in [0.4, 0.5) is 0 Å². The van der Waals surface area contributed by atoms with Gasteiger partial charge in [-0.05, 0) is 54.2 Å². The Labute approximate surface area is 254 Å². The van der Waals surface area contributed by atoms with Gasteiger partial charge in [0.15, 0.2) is 0 Å². The molecule has 2 aromatic carbocycles. The second-order valence-electron chi connectivity index (χ2n) is 8.91. The molecule has 0 radical (unpaired) electrons. The van der Waals surface area contributed by atoms with Crippen LogP contribution < -0.4 is 19.6 Å². The molecule has 0 aliphatic heterocycles. The van der Waals surface area contributed by atoms with E-state index >= 15 is 0 Å². The first kappa shape index (κ1) is 33.5. The lowest BCUT2D eigenvalue weighted by Crippen LogP contribution is -2.09. The van der Waals surface area contributed by atoms with Crippen molar-refractivity contribution in [3.05, 3.63) is 52.9 Å². The third-order valence-electron chi connectivity index (χ3n) is 5.78. The van der Waals surface area contributed by atoms with Crippen molar-refractivity contribution in [3.8, 4) is 28.4 Å². The summed E-state index contributed by atoms with van der Waals surface area (Å²) >= 11 is 5.03. The first-order valence-electron chi connectivity index (χ1n) is 13.8. The lowest BCUT2D eigenvalue weighted by atomic mass is 10.0. The number of thioether (sulfide) groups is 3. The van der Waals surface area contributed by atoms with Crippen molar-refractivity contribution in [1.29, 1.82) is 0 Å². The van der Waals surface area contributed by atoms with E-state index < -0.39 is 0 Å². The average molecular weight is 625 g/mol. The van der Waals surface area contributed by atoms with E-state index in [1.807, 2.05) is 24.3 Å². The molecule has 8 nitrogen and oxygen atoms in total. The zero-order valence-corrected chi connectivity index (χ0v) is 25.7. The molecular formula is C30H40O8S3. The molecule has 0 saturated heterocycles. The fourth-order valence-corrected chi connectivity index (χ4v) is 5.83. The molecule has 0 spiro atoms. The monoisotopic (exact) mass is 624 g/mol. The number of aliphatic hydroxyl groups is 3. The van der Waals surface area contributed by atoms with Gasteiger partial charge in [0, 0.05) is 29.4 Å². The summed E-state index contributed by atoms with van der Waals surface area (Å²) in [6.45, 7) is 2.01. The highest BCUT2D eigenvalue weighted by atomic mass is 32.2. The summed E-state index contributed by atoms with van der Waals surface area (Å²) < 4.78 is 23.8. The summed E-state index contributed by atoms with van der Waals surface area (Å²) in [6, 6.07) is 10.9. The van der Waals surface area contributed by atoms with Crippen LogP contribution in [0.2, 0.25) is 0 Å². The standard InChI is InChI=1S/C30H40O8S3/c31-8-17-39-14-1-11-35-24-6-4-23(5-7-24)26-22-38-28-21-25(36-12-2-15-40-18-9-32)20-27(29(28)30(26)34)37-13-3-16-41-19-10-33/h4-7,20-22,31-33H,1-3,8-19H2. The molecule has 3 rings (SSSR count). The zero-order valence-electron chi connectivity index (χ0n) is 23.3. The van der Waals surface area contributed by atoms with Crippen LogP contribution in [0.25, 0.3) is 22.1 Å². The van der Waals surface area contributed by atoms with Gasteiger partial charge >= 0.3 is 0 Å². The molecule has 0 aliphatic carbocycles. The van der Waals surface area contributed by atoms with Crippen molar-refractivity contribution in [2.75, 3.05) is 74.2 Å². The number of ether oxygens (including phenoxy) is 3. The van der Waals surface area contributed by atoms with Crippen LogP contribution >= 0.6 is 35.3 Å². The van der Waals surface area contributed by atoms with E-state index in [0.717, 1.165) is 53.6 Å². The van der Waals surface area contributed by atoms with Crippen molar-refractivity contribution < 1.29 is 33.9 Å². The minimum Gasteiger partial charge on any atom is -0.494 e. The molecule has 0 amide bonds. The van der Waals surface area contributed by atoms with Crippen molar-refractivity contribution in [2.45, 2.75) is 19.3 Å². The Balaban J connectivity index is 1.74. The lowest BCUT2D eigenvalue weighted by Gasteiger charge is -2.13. The number of aliphatic hydroxyl groups excluding tert-OH is 3. The van der Waals surface area contributed by atoms with Crippen LogP contribution in [0, 0.1) is 0 Å². The van der Waals surface area contributed by atoms with E-state index in [2.05, 4.69) is 0 Å². The highest BCUT2D eigenvalue weighted by Crippen LogP contribution is 2.32. The Morgan fingerprint density at radius 1 is 0.659 bits per heavy atom. The van der Waals surface area contributed by atoms with Gasteiger partial charge in [-0.25, -0.2) is 0 Å². The van der Waals surface area contributed by atoms with Gasteiger partial charge in [-0.1, -0.05) is 12.1 Å². The van der Waals surface area contributed by atoms with E-state index in [1.165, 1.54) is 6.26 Å². The van der Waals surface area contributed by atoms with Crippen LogP contribution in [-0.4, -0.2) is 89.5 Å². The van der Waals surface area contributed by atoms with Gasteiger partial charge in [0.2, 0.25) is 5.43 Å². The van der Waals surface area contributed by atoms with Gasteiger partial charge in [0.1, 0.15) is 34.5 Å². The predicted octanol–water partition coefficient (Wildman–Crippen LogP) is 4.94. The first-order chi connectivity index (χ1) is 20.2. The molecule has 0 fully saturated rings. The van der Waals surface area contributed by atoms with Crippen LogP contribution in [-0.2, 0) is 0 Å². The van der Waals surface area contributed by atoms with Gasteiger partial charge in [-0.2, -0.15) is 35.3 Å². The summed E-state index contributed by atoms with van der Waals surface area (Å²) in [7, 11) is 0. The third kappa shape index (κ3) is 11.6. The molecule has 0 bridgehead atoms. The Bertz CT molecular complexity index is 1200. The summed E-state index contributed by atoms with van der Waals surface area (Å²) in [5, 5.41) is 27.1. The van der Waals surface area contributed by atoms with E-state index in [4.69, 9.17) is 33.9 Å². The highest BCUT2D eigenvalue weighted by molar-refractivity contribution is 7.99. The van der Waals surface area contributed by atoms with Crippen molar-refractivity contribution >= 4 is 46.3 Å². The molecule has 1 heterocycles. The molecule has 226 valence electrons. The minimum atomic E-state index is -0.183. The lowest BCUT2D eigenvalue weighted by molar-refractivity contribution is 0.304. The van der Waals surface area contributed by atoms with Crippen molar-refractivity contribution in [3.63, 3.8) is 0 Å². The summed E-state index contributed by atoms with van der Waals surface area (Å²) in [5.41, 5.74) is 1.37. The van der Waals surface area contributed by atoms with Crippen molar-refractivity contribution in [2.24, 2.45) is 0 Å². The zero-order chi connectivity index (χ0) is 29.1. The Kier molecular flexibility index (Phi) is 16.3. The molecule has 3 N–H and O–H groups in total. The Morgan fingerprint density at radius 2 is 1.20 bits per heavy atom. The second-order valence-corrected chi connectivity index (χ2v) is 12.6. The summed E-state index contributed by atoms with van der Waals surface area (Å²) in [5.74, 6) is 6.51. The Morgan fingerprint density at radius 3 is 1.76 bits per heavy atom. The normalized spacial score (nSPS) is 11.2. The van der Waals surface area contributed by atoms with Crippen molar-refractivity contribution in [1.82, 2.24) is 0 Å². The molecule has 0 unspecified atom stereocenters. The number of benzene rings is 2. The quantitative estimate of drug-likeness (QED) is 0.132. The van der Waals surface area contributed by atoms with Crippen LogP contribution in [0.1, 0.15) is 19.3 Å².